The van der Waals surface area contributed by atoms with Crippen molar-refractivity contribution in [3.8, 4) is 0 Å². The van der Waals surface area contributed by atoms with Crippen LogP contribution in [0.5, 0.6) is 0 Å². The van der Waals surface area contributed by atoms with Crippen LogP contribution in [0.15, 0.2) is 35.2 Å². The molecule has 2 aromatic rings. The Labute approximate surface area is 82.3 Å². The monoisotopic (exact) mass is 192 g/mol. The summed E-state index contributed by atoms with van der Waals surface area (Å²) in [6.07, 6.45) is 0.943. The average molecular weight is 192 g/mol. The SMILES string of the molecule is S=c1c(S)c1Cc1ccccc1. The zero-order valence-corrected chi connectivity index (χ0v) is 8.16. The lowest BCUT2D eigenvalue weighted by atomic mass is 10.1. The van der Waals surface area contributed by atoms with Crippen molar-refractivity contribution in [2.75, 3.05) is 0 Å². The van der Waals surface area contributed by atoms with Gasteiger partial charge in [-0.05, 0) is 11.1 Å². The molecule has 2 rings (SSSR count). The predicted molar refractivity (Wildman–Crippen MR) is 56.1 cm³/mol. The Kier molecular flexibility index (Phi) is 2.03. The van der Waals surface area contributed by atoms with Crippen LogP contribution >= 0.6 is 24.8 Å². The molecule has 0 amide bonds. The molecule has 0 aliphatic rings. The van der Waals surface area contributed by atoms with E-state index in [-0.39, 0.29) is 0 Å². The summed E-state index contributed by atoms with van der Waals surface area (Å²) in [6.45, 7) is 0. The highest BCUT2D eigenvalue weighted by molar-refractivity contribution is 7.81. The van der Waals surface area contributed by atoms with Gasteiger partial charge in [0.1, 0.15) is 0 Å². The fourth-order valence-corrected chi connectivity index (χ4v) is 1.75. The highest BCUT2D eigenvalue weighted by Gasteiger charge is 2.13. The number of hydrogen-bond donors (Lipinski definition) is 1. The van der Waals surface area contributed by atoms with Crippen molar-refractivity contribution in [1.29, 1.82) is 0 Å². The summed E-state index contributed by atoms with van der Waals surface area (Å²) in [5.41, 5.74) is 2.54. The van der Waals surface area contributed by atoms with Crippen molar-refractivity contribution in [2.45, 2.75) is 11.3 Å². The molecule has 12 heavy (non-hydrogen) atoms. The first-order valence-corrected chi connectivity index (χ1v) is 4.65. The molecule has 0 bridgehead atoms. The molecule has 0 atom stereocenters. The summed E-state index contributed by atoms with van der Waals surface area (Å²) in [5.74, 6) is 0. The molecular weight excluding hydrogens is 184 g/mol. The van der Waals surface area contributed by atoms with Crippen molar-refractivity contribution in [1.82, 2.24) is 0 Å². The molecule has 0 aliphatic carbocycles. The summed E-state index contributed by atoms with van der Waals surface area (Å²) in [4.78, 5) is 1.02. The van der Waals surface area contributed by atoms with Crippen molar-refractivity contribution in [3.05, 3.63) is 46.0 Å². The van der Waals surface area contributed by atoms with E-state index < -0.39 is 0 Å². The predicted octanol–water partition coefficient (Wildman–Crippen LogP) is 3.17. The highest BCUT2D eigenvalue weighted by Crippen LogP contribution is 2.30. The lowest BCUT2D eigenvalue weighted by Gasteiger charge is -1.92. The number of hydrogen-bond acceptors (Lipinski definition) is 2. The maximum Gasteiger partial charge on any atom is 0.0560 e. The molecule has 0 spiro atoms. The zero-order chi connectivity index (χ0) is 8.55. The summed E-state index contributed by atoms with van der Waals surface area (Å²) < 4.78 is 0.960. The van der Waals surface area contributed by atoms with Gasteiger partial charge in [0.15, 0.2) is 0 Å². The molecule has 0 saturated heterocycles. The van der Waals surface area contributed by atoms with Crippen molar-refractivity contribution in [2.24, 2.45) is 0 Å². The number of thiol groups is 1. The quantitative estimate of drug-likeness (QED) is 0.563. The van der Waals surface area contributed by atoms with E-state index in [0.29, 0.717) is 0 Å². The van der Waals surface area contributed by atoms with Crippen LogP contribution in [0.2, 0.25) is 0 Å². The van der Waals surface area contributed by atoms with Crippen LogP contribution in [-0.4, -0.2) is 0 Å². The fraction of sp³-hybridized carbons (Fsp3) is 0.100. The first kappa shape index (κ1) is 8.02. The molecule has 0 heterocycles. The van der Waals surface area contributed by atoms with Crippen LogP contribution in [0, 0.1) is 4.51 Å². The second kappa shape index (κ2) is 3.04. The maximum atomic E-state index is 5.04. The topological polar surface area (TPSA) is 0 Å². The first-order chi connectivity index (χ1) is 5.79. The van der Waals surface area contributed by atoms with Crippen LogP contribution in [0.25, 0.3) is 0 Å². The molecule has 0 nitrogen and oxygen atoms in total. The Morgan fingerprint density at radius 1 is 1.17 bits per heavy atom. The van der Waals surface area contributed by atoms with E-state index in [4.69, 9.17) is 12.2 Å². The van der Waals surface area contributed by atoms with E-state index in [1.807, 2.05) is 18.2 Å². The van der Waals surface area contributed by atoms with E-state index in [1.165, 1.54) is 11.1 Å². The third kappa shape index (κ3) is 1.45. The molecule has 0 radical (unpaired) electrons. The van der Waals surface area contributed by atoms with E-state index in [1.54, 1.807) is 0 Å². The van der Waals surface area contributed by atoms with E-state index in [2.05, 4.69) is 24.8 Å². The van der Waals surface area contributed by atoms with Gasteiger partial charge in [0, 0.05) is 11.3 Å². The Morgan fingerprint density at radius 3 is 2.25 bits per heavy atom. The minimum absolute atomic E-state index is 0.943. The van der Waals surface area contributed by atoms with Gasteiger partial charge < -0.3 is 0 Å². The maximum absolute atomic E-state index is 5.04. The molecule has 0 aliphatic heterocycles. The van der Waals surface area contributed by atoms with Crippen molar-refractivity contribution < 1.29 is 0 Å². The molecule has 2 heteroatoms. The molecular formula is C10H8S2. The van der Waals surface area contributed by atoms with Gasteiger partial charge in [-0.15, -0.1) is 12.6 Å². The normalized spacial score (nSPS) is 10.8. The van der Waals surface area contributed by atoms with Crippen LogP contribution in [-0.2, 0) is 6.42 Å². The standard InChI is InChI=1S/C10H8S2/c11-9-8(10(9)12)6-7-4-2-1-3-5-7/h1-5,11H,6H2. The summed E-state index contributed by atoms with van der Waals surface area (Å²) >= 11 is 9.28. The van der Waals surface area contributed by atoms with Gasteiger partial charge in [0.25, 0.3) is 0 Å². The van der Waals surface area contributed by atoms with Crippen LogP contribution in [0.4, 0.5) is 0 Å². The third-order valence-corrected chi connectivity index (χ3v) is 3.03. The average Bonchev–Trinajstić information content (AvgIpc) is 2.65. The highest BCUT2D eigenvalue weighted by atomic mass is 32.1. The van der Waals surface area contributed by atoms with Gasteiger partial charge in [-0.2, -0.15) is 0 Å². The fourth-order valence-electron chi connectivity index (χ4n) is 1.16. The Bertz CT molecular complexity index is 394. The Hall–Kier alpha value is -0.600. The molecule has 60 valence electrons. The second-order valence-corrected chi connectivity index (χ2v) is 3.67. The van der Waals surface area contributed by atoms with Crippen LogP contribution < -0.4 is 0 Å². The van der Waals surface area contributed by atoms with Gasteiger partial charge in [-0.25, -0.2) is 0 Å². The first-order valence-electron chi connectivity index (χ1n) is 3.80. The minimum Gasteiger partial charge on any atom is -0.142 e. The van der Waals surface area contributed by atoms with Gasteiger partial charge >= 0.3 is 0 Å². The van der Waals surface area contributed by atoms with E-state index >= 15 is 0 Å². The van der Waals surface area contributed by atoms with Gasteiger partial charge in [-0.3, -0.25) is 0 Å². The van der Waals surface area contributed by atoms with Gasteiger partial charge in [0.05, 0.1) is 4.51 Å². The van der Waals surface area contributed by atoms with Crippen molar-refractivity contribution in [3.63, 3.8) is 0 Å². The lowest BCUT2D eigenvalue weighted by molar-refractivity contribution is 1.23. The molecule has 0 aromatic heterocycles. The Balaban J connectivity index is 2.16. The summed E-state index contributed by atoms with van der Waals surface area (Å²) in [7, 11) is 0. The molecule has 0 fully saturated rings. The zero-order valence-electron chi connectivity index (χ0n) is 6.45. The second-order valence-electron chi connectivity index (χ2n) is 2.82. The number of rotatable bonds is 2. The smallest absolute Gasteiger partial charge is 0.0560 e. The molecule has 2 aromatic carbocycles. The van der Waals surface area contributed by atoms with E-state index in [9.17, 15) is 0 Å². The number of benzene rings is 1. The van der Waals surface area contributed by atoms with Crippen LogP contribution in [0.1, 0.15) is 11.1 Å². The lowest BCUT2D eigenvalue weighted by Crippen LogP contribution is -1.79. The van der Waals surface area contributed by atoms with Gasteiger partial charge in [-0.1, -0.05) is 42.5 Å². The molecule has 0 unspecified atom stereocenters. The minimum atomic E-state index is 0.943. The summed E-state index contributed by atoms with van der Waals surface area (Å²) in [6, 6.07) is 10.3. The Morgan fingerprint density at radius 2 is 1.75 bits per heavy atom. The summed E-state index contributed by atoms with van der Waals surface area (Å²) in [5, 5.41) is 0. The largest absolute Gasteiger partial charge is 0.142 e. The third-order valence-electron chi connectivity index (χ3n) is 1.94. The van der Waals surface area contributed by atoms with Crippen molar-refractivity contribution >= 4 is 24.8 Å². The van der Waals surface area contributed by atoms with E-state index in [0.717, 1.165) is 15.8 Å². The van der Waals surface area contributed by atoms with Gasteiger partial charge in [0.2, 0.25) is 0 Å². The van der Waals surface area contributed by atoms with Crippen LogP contribution in [0.3, 0.4) is 0 Å². The molecule has 0 N–H and O–H groups in total. The molecule has 0 saturated carbocycles.